The van der Waals surface area contributed by atoms with Crippen LogP contribution in [0.1, 0.15) is 28.8 Å². The Labute approximate surface area is 108 Å². The SMILES string of the molecule is CNC(Cc1nccn1C)c1cc(C)nc(C)c1. The van der Waals surface area contributed by atoms with Crippen molar-refractivity contribution in [3.8, 4) is 0 Å². The summed E-state index contributed by atoms with van der Waals surface area (Å²) in [7, 11) is 4.01. The first-order chi connectivity index (χ1) is 8.60. The van der Waals surface area contributed by atoms with E-state index in [0.29, 0.717) is 0 Å². The second kappa shape index (κ2) is 5.31. The number of likely N-dealkylation sites (N-methyl/N-ethyl adjacent to an activating group) is 1. The van der Waals surface area contributed by atoms with Gasteiger partial charge in [-0.05, 0) is 38.6 Å². The number of pyridine rings is 1. The minimum absolute atomic E-state index is 0.270. The summed E-state index contributed by atoms with van der Waals surface area (Å²) >= 11 is 0. The molecule has 4 nitrogen and oxygen atoms in total. The minimum atomic E-state index is 0.270. The van der Waals surface area contributed by atoms with Crippen molar-refractivity contribution in [3.63, 3.8) is 0 Å². The largest absolute Gasteiger partial charge is 0.338 e. The molecule has 0 saturated heterocycles. The number of aryl methyl sites for hydroxylation is 3. The molecule has 0 aromatic carbocycles. The molecule has 2 aromatic heterocycles. The highest BCUT2D eigenvalue weighted by Gasteiger charge is 2.13. The minimum Gasteiger partial charge on any atom is -0.338 e. The van der Waals surface area contributed by atoms with Crippen LogP contribution in [0.3, 0.4) is 0 Å². The summed E-state index contributed by atoms with van der Waals surface area (Å²) in [6, 6.07) is 4.54. The monoisotopic (exact) mass is 244 g/mol. The lowest BCUT2D eigenvalue weighted by Crippen LogP contribution is -2.21. The molecule has 0 spiro atoms. The van der Waals surface area contributed by atoms with Crippen molar-refractivity contribution in [1.82, 2.24) is 19.9 Å². The summed E-state index contributed by atoms with van der Waals surface area (Å²) in [4.78, 5) is 8.80. The molecule has 0 aliphatic heterocycles. The lowest BCUT2D eigenvalue weighted by molar-refractivity contribution is 0.562. The zero-order valence-corrected chi connectivity index (χ0v) is 11.4. The van der Waals surface area contributed by atoms with E-state index in [1.807, 2.05) is 40.3 Å². The first kappa shape index (κ1) is 12.8. The molecular weight excluding hydrogens is 224 g/mol. The van der Waals surface area contributed by atoms with E-state index in [-0.39, 0.29) is 6.04 Å². The summed E-state index contributed by atoms with van der Waals surface area (Å²) in [6.45, 7) is 4.06. The molecule has 0 fully saturated rings. The van der Waals surface area contributed by atoms with E-state index in [9.17, 15) is 0 Å². The number of hydrogen-bond donors (Lipinski definition) is 1. The molecule has 0 bridgehead atoms. The topological polar surface area (TPSA) is 42.7 Å². The Bertz CT molecular complexity index is 510. The molecule has 2 heterocycles. The van der Waals surface area contributed by atoms with Crippen LogP contribution in [-0.2, 0) is 13.5 Å². The molecule has 0 aliphatic carbocycles. The van der Waals surface area contributed by atoms with Crippen LogP contribution in [0.25, 0.3) is 0 Å². The molecule has 0 radical (unpaired) electrons. The van der Waals surface area contributed by atoms with Gasteiger partial charge in [-0.1, -0.05) is 0 Å². The van der Waals surface area contributed by atoms with E-state index in [0.717, 1.165) is 23.6 Å². The maximum Gasteiger partial charge on any atom is 0.110 e. The Morgan fingerprint density at radius 3 is 2.44 bits per heavy atom. The van der Waals surface area contributed by atoms with Gasteiger partial charge in [0.25, 0.3) is 0 Å². The maximum atomic E-state index is 4.42. The molecular formula is C14H20N4. The molecule has 4 heteroatoms. The Balaban J connectivity index is 2.25. The summed E-state index contributed by atoms with van der Waals surface area (Å²) in [5.41, 5.74) is 3.39. The molecule has 96 valence electrons. The first-order valence-corrected chi connectivity index (χ1v) is 6.19. The summed E-state index contributed by atoms with van der Waals surface area (Å²) in [5.74, 6) is 1.08. The van der Waals surface area contributed by atoms with Gasteiger partial charge >= 0.3 is 0 Å². The number of nitrogens with zero attached hydrogens (tertiary/aromatic N) is 3. The van der Waals surface area contributed by atoms with Crippen molar-refractivity contribution < 1.29 is 0 Å². The number of aromatic nitrogens is 3. The van der Waals surface area contributed by atoms with E-state index >= 15 is 0 Å². The zero-order valence-electron chi connectivity index (χ0n) is 11.4. The van der Waals surface area contributed by atoms with Gasteiger partial charge in [0.2, 0.25) is 0 Å². The fourth-order valence-corrected chi connectivity index (χ4v) is 2.23. The predicted molar refractivity (Wildman–Crippen MR) is 72.4 cm³/mol. The van der Waals surface area contributed by atoms with Crippen LogP contribution in [0.2, 0.25) is 0 Å². The maximum absolute atomic E-state index is 4.42. The fourth-order valence-electron chi connectivity index (χ4n) is 2.23. The summed E-state index contributed by atoms with van der Waals surface area (Å²) in [5, 5.41) is 3.36. The Kier molecular flexibility index (Phi) is 3.77. The number of hydrogen-bond acceptors (Lipinski definition) is 3. The fraction of sp³-hybridized carbons (Fsp3) is 0.429. The highest BCUT2D eigenvalue weighted by atomic mass is 15.0. The van der Waals surface area contributed by atoms with Gasteiger partial charge < -0.3 is 9.88 Å². The molecule has 1 unspecified atom stereocenters. The lowest BCUT2D eigenvalue weighted by atomic mass is 10.0. The van der Waals surface area contributed by atoms with Crippen molar-refractivity contribution in [3.05, 3.63) is 47.3 Å². The Morgan fingerprint density at radius 2 is 1.94 bits per heavy atom. The zero-order chi connectivity index (χ0) is 13.1. The normalized spacial score (nSPS) is 12.7. The van der Waals surface area contributed by atoms with Gasteiger partial charge in [0.15, 0.2) is 0 Å². The molecule has 1 atom stereocenters. The highest BCUT2D eigenvalue weighted by Crippen LogP contribution is 2.18. The van der Waals surface area contributed by atoms with Crippen molar-refractivity contribution in [2.24, 2.45) is 7.05 Å². The highest BCUT2D eigenvalue weighted by molar-refractivity contribution is 5.24. The molecule has 18 heavy (non-hydrogen) atoms. The van der Waals surface area contributed by atoms with Gasteiger partial charge in [0.05, 0.1) is 0 Å². The van der Waals surface area contributed by atoms with E-state index in [1.165, 1.54) is 5.56 Å². The van der Waals surface area contributed by atoms with Gasteiger partial charge in [-0.2, -0.15) is 0 Å². The standard InChI is InChI=1S/C14H20N4/c1-10-7-12(8-11(2)17-10)13(15-3)9-14-16-5-6-18(14)4/h5-8,13,15H,9H2,1-4H3. The van der Waals surface area contributed by atoms with Crippen LogP contribution < -0.4 is 5.32 Å². The van der Waals surface area contributed by atoms with E-state index in [2.05, 4.69) is 32.0 Å². The number of imidazole rings is 1. The third-order valence-electron chi connectivity index (χ3n) is 3.16. The summed E-state index contributed by atoms with van der Waals surface area (Å²) < 4.78 is 2.06. The van der Waals surface area contributed by atoms with Crippen LogP contribution in [0.5, 0.6) is 0 Å². The van der Waals surface area contributed by atoms with Gasteiger partial charge in [-0.25, -0.2) is 4.98 Å². The lowest BCUT2D eigenvalue weighted by Gasteiger charge is -2.17. The molecule has 2 rings (SSSR count). The van der Waals surface area contributed by atoms with Gasteiger partial charge in [-0.3, -0.25) is 4.98 Å². The van der Waals surface area contributed by atoms with Crippen molar-refractivity contribution >= 4 is 0 Å². The second-order valence-electron chi connectivity index (χ2n) is 4.68. The third-order valence-corrected chi connectivity index (χ3v) is 3.16. The van der Waals surface area contributed by atoms with Crippen molar-refractivity contribution in [2.75, 3.05) is 7.05 Å². The van der Waals surface area contributed by atoms with Crippen LogP contribution in [-0.4, -0.2) is 21.6 Å². The van der Waals surface area contributed by atoms with E-state index < -0.39 is 0 Å². The van der Waals surface area contributed by atoms with E-state index in [4.69, 9.17) is 0 Å². The van der Waals surface area contributed by atoms with Gasteiger partial charge in [0.1, 0.15) is 5.82 Å². The van der Waals surface area contributed by atoms with Crippen LogP contribution in [0, 0.1) is 13.8 Å². The third kappa shape index (κ3) is 2.76. The number of nitrogens with one attached hydrogen (secondary N) is 1. The quantitative estimate of drug-likeness (QED) is 0.893. The molecule has 1 N–H and O–H groups in total. The average molecular weight is 244 g/mol. The molecule has 0 aliphatic rings. The predicted octanol–water partition coefficient (Wildman–Crippen LogP) is 1.94. The molecule has 0 amide bonds. The molecule has 2 aromatic rings. The van der Waals surface area contributed by atoms with Gasteiger partial charge in [-0.15, -0.1) is 0 Å². The van der Waals surface area contributed by atoms with Crippen LogP contribution in [0.15, 0.2) is 24.5 Å². The van der Waals surface area contributed by atoms with E-state index in [1.54, 1.807) is 0 Å². The Morgan fingerprint density at radius 1 is 1.28 bits per heavy atom. The van der Waals surface area contributed by atoms with Crippen molar-refractivity contribution in [2.45, 2.75) is 26.3 Å². The first-order valence-electron chi connectivity index (χ1n) is 6.19. The second-order valence-corrected chi connectivity index (χ2v) is 4.68. The summed E-state index contributed by atoms with van der Waals surface area (Å²) in [6.07, 6.45) is 4.69. The average Bonchev–Trinajstić information content (AvgIpc) is 2.70. The molecule has 0 saturated carbocycles. The Hall–Kier alpha value is -1.68. The van der Waals surface area contributed by atoms with Gasteiger partial charge in [0, 0.05) is 43.3 Å². The van der Waals surface area contributed by atoms with Crippen molar-refractivity contribution in [1.29, 1.82) is 0 Å². The van der Waals surface area contributed by atoms with Crippen LogP contribution >= 0.6 is 0 Å². The smallest absolute Gasteiger partial charge is 0.110 e. The number of rotatable bonds is 4. The van der Waals surface area contributed by atoms with Crippen LogP contribution in [0.4, 0.5) is 0 Å².